The van der Waals surface area contributed by atoms with E-state index in [1.165, 1.54) is 12.8 Å². The molecular formula is C12H22. The van der Waals surface area contributed by atoms with Crippen molar-refractivity contribution in [2.75, 3.05) is 0 Å². The highest BCUT2D eigenvalue weighted by atomic mass is 14.5. The van der Waals surface area contributed by atoms with Gasteiger partial charge >= 0.3 is 0 Å². The molecule has 0 aliphatic heterocycles. The zero-order valence-electron chi connectivity index (χ0n) is 9.15. The predicted molar refractivity (Wildman–Crippen MR) is 55.1 cm³/mol. The smallest absolute Gasteiger partial charge is 0.0214 e. The molecule has 0 N–H and O–H groups in total. The molecule has 2 atom stereocenters. The number of allylic oxidation sites excluding steroid dienone is 2. The average Bonchev–Trinajstić information content (AvgIpc) is 1.93. The van der Waals surface area contributed by atoms with E-state index in [0.717, 1.165) is 5.92 Å². The Balaban J connectivity index is 2.89. The Bertz CT molecular complexity index is 183. The van der Waals surface area contributed by atoms with Gasteiger partial charge in [0.05, 0.1) is 0 Å². The lowest BCUT2D eigenvalue weighted by Crippen LogP contribution is -2.39. The van der Waals surface area contributed by atoms with Crippen LogP contribution in [0.5, 0.6) is 0 Å². The summed E-state index contributed by atoms with van der Waals surface area (Å²) in [5, 5.41) is 0. The van der Waals surface area contributed by atoms with E-state index in [1.54, 1.807) is 0 Å². The minimum atomic E-state index is 0.428. The quantitative estimate of drug-likeness (QED) is 0.477. The summed E-state index contributed by atoms with van der Waals surface area (Å²) in [4.78, 5) is 0. The van der Waals surface area contributed by atoms with Crippen LogP contribution in [0.3, 0.4) is 0 Å². The topological polar surface area (TPSA) is 0 Å². The lowest BCUT2D eigenvalue weighted by Gasteiger charge is -2.47. The van der Waals surface area contributed by atoms with Gasteiger partial charge in [0.1, 0.15) is 0 Å². The minimum absolute atomic E-state index is 0.428. The van der Waals surface area contributed by atoms with E-state index in [4.69, 9.17) is 0 Å². The Morgan fingerprint density at radius 2 is 1.83 bits per heavy atom. The standard InChI is InChI=1S/C12H22/c1-10-8-6-7-9-12(10,5)11(2,3)4/h6-7,10H,8-9H2,1-5H3. The normalized spacial score (nSPS) is 36.9. The summed E-state index contributed by atoms with van der Waals surface area (Å²) in [6.07, 6.45) is 7.19. The molecule has 0 saturated carbocycles. The third-order valence-electron chi connectivity index (χ3n) is 4.00. The monoisotopic (exact) mass is 166 g/mol. The van der Waals surface area contributed by atoms with Gasteiger partial charge in [-0.2, -0.15) is 0 Å². The van der Waals surface area contributed by atoms with Crippen LogP contribution in [0, 0.1) is 16.7 Å². The summed E-state index contributed by atoms with van der Waals surface area (Å²) in [6.45, 7) is 11.9. The molecule has 0 bridgehead atoms. The Morgan fingerprint density at radius 3 is 2.17 bits per heavy atom. The Hall–Kier alpha value is -0.260. The van der Waals surface area contributed by atoms with Crippen LogP contribution in [-0.4, -0.2) is 0 Å². The van der Waals surface area contributed by atoms with Gasteiger partial charge in [0.2, 0.25) is 0 Å². The fourth-order valence-corrected chi connectivity index (χ4v) is 2.14. The van der Waals surface area contributed by atoms with Crippen molar-refractivity contribution in [3.63, 3.8) is 0 Å². The van der Waals surface area contributed by atoms with Gasteiger partial charge in [0.15, 0.2) is 0 Å². The highest BCUT2D eigenvalue weighted by molar-refractivity contribution is 5.03. The maximum atomic E-state index is 2.43. The SMILES string of the molecule is CC1CC=CCC1(C)C(C)(C)C. The molecule has 1 aliphatic carbocycles. The maximum absolute atomic E-state index is 2.43. The Kier molecular flexibility index (Phi) is 2.38. The molecule has 0 nitrogen and oxygen atoms in total. The molecule has 0 radical (unpaired) electrons. The lowest BCUT2D eigenvalue weighted by molar-refractivity contribution is 0.0414. The van der Waals surface area contributed by atoms with Crippen LogP contribution in [0.4, 0.5) is 0 Å². The predicted octanol–water partition coefficient (Wildman–Crippen LogP) is 4.02. The highest BCUT2D eigenvalue weighted by Crippen LogP contribution is 2.50. The van der Waals surface area contributed by atoms with Gasteiger partial charge in [-0.1, -0.05) is 46.8 Å². The van der Waals surface area contributed by atoms with E-state index in [0.29, 0.717) is 10.8 Å². The summed E-state index contributed by atoms with van der Waals surface area (Å²) in [6, 6.07) is 0. The van der Waals surface area contributed by atoms with Crippen LogP contribution < -0.4 is 0 Å². The third kappa shape index (κ3) is 1.44. The molecule has 0 spiro atoms. The fourth-order valence-electron chi connectivity index (χ4n) is 2.14. The molecule has 0 saturated heterocycles. The van der Waals surface area contributed by atoms with Crippen molar-refractivity contribution < 1.29 is 0 Å². The number of hydrogen-bond acceptors (Lipinski definition) is 0. The minimum Gasteiger partial charge on any atom is -0.0882 e. The molecule has 12 heavy (non-hydrogen) atoms. The maximum Gasteiger partial charge on any atom is -0.0214 e. The van der Waals surface area contributed by atoms with Gasteiger partial charge in [-0.15, -0.1) is 0 Å². The summed E-state index contributed by atoms with van der Waals surface area (Å²) >= 11 is 0. The van der Waals surface area contributed by atoms with Gasteiger partial charge < -0.3 is 0 Å². The first-order chi connectivity index (χ1) is 5.38. The number of rotatable bonds is 0. The molecule has 1 rings (SSSR count). The van der Waals surface area contributed by atoms with Crippen molar-refractivity contribution in [2.24, 2.45) is 16.7 Å². The van der Waals surface area contributed by atoms with Crippen LogP contribution in [0.2, 0.25) is 0 Å². The zero-order chi connectivity index (χ0) is 9.41. The lowest BCUT2D eigenvalue weighted by atomic mass is 9.57. The van der Waals surface area contributed by atoms with E-state index in [1.807, 2.05) is 0 Å². The van der Waals surface area contributed by atoms with Crippen molar-refractivity contribution in [3.8, 4) is 0 Å². The second-order valence-corrected chi connectivity index (χ2v) is 5.48. The van der Waals surface area contributed by atoms with Crippen molar-refractivity contribution in [1.82, 2.24) is 0 Å². The first kappa shape index (κ1) is 9.83. The molecule has 2 unspecified atom stereocenters. The number of hydrogen-bond donors (Lipinski definition) is 0. The largest absolute Gasteiger partial charge is 0.0882 e. The van der Waals surface area contributed by atoms with Crippen molar-refractivity contribution in [2.45, 2.75) is 47.5 Å². The van der Waals surface area contributed by atoms with Gasteiger partial charge in [-0.3, -0.25) is 0 Å². The van der Waals surface area contributed by atoms with Crippen molar-refractivity contribution in [1.29, 1.82) is 0 Å². The van der Waals surface area contributed by atoms with Crippen LogP contribution in [-0.2, 0) is 0 Å². The molecule has 0 aromatic rings. The Morgan fingerprint density at radius 1 is 1.25 bits per heavy atom. The van der Waals surface area contributed by atoms with Gasteiger partial charge in [-0.25, -0.2) is 0 Å². The molecule has 0 heteroatoms. The molecule has 1 aliphatic rings. The van der Waals surface area contributed by atoms with Crippen LogP contribution in [0.1, 0.15) is 47.5 Å². The van der Waals surface area contributed by atoms with Crippen molar-refractivity contribution in [3.05, 3.63) is 12.2 Å². The van der Waals surface area contributed by atoms with E-state index < -0.39 is 0 Å². The summed E-state index contributed by atoms with van der Waals surface area (Å²) in [5.41, 5.74) is 0.916. The van der Waals surface area contributed by atoms with Gasteiger partial charge in [-0.05, 0) is 29.6 Å². The van der Waals surface area contributed by atoms with Crippen LogP contribution in [0.25, 0.3) is 0 Å². The van der Waals surface area contributed by atoms with Gasteiger partial charge in [0, 0.05) is 0 Å². The molecule has 70 valence electrons. The molecule has 0 fully saturated rings. The fraction of sp³-hybridized carbons (Fsp3) is 0.833. The van der Waals surface area contributed by atoms with Crippen LogP contribution in [0.15, 0.2) is 12.2 Å². The summed E-state index contributed by atoms with van der Waals surface area (Å²) < 4.78 is 0. The van der Waals surface area contributed by atoms with Crippen molar-refractivity contribution >= 4 is 0 Å². The molecule has 0 aromatic carbocycles. The first-order valence-electron chi connectivity index (χ1n) is 5.03. The Labute approximate surface area is 77.1 Å². The summed E-state index contributed by atoms with van der Waals surface area (Å²) in [7, 11) is 0. The second-order valence-electron chi connectivity index (χ2n) is 5.48. The third-order valence-corrected chi connectivity index (χ3v) is 4.00. The van der Waals surface area contributed by atoms with Crippen LogP contribution >= 0.6 is 0 Å². The molecule has 0 amide bonds. The van der Waals surface area contributed by atoms with E-state index in [2.05, 4.69) is 46.8 Å². The van der Waals surface area contributed by atoms with E-state index >= 15 is 0 Å². The van der Waals surface area contributed by atoms with E-state index in [9.17, 15) is 0 Å². The molecular weight excluding hydrogens is 144 g/mol. The zero-order valence-corrected chi connectivity index (χ0v) is 9.15. The van der Waals surface area contributed by atoms with Gasteiger partial charge in [0.25, 0.3) is 0 Å². The average molecular weight is 166 g/mol. The summed E-state index contributed by atoms with van der Waals surface area (Å²) in [5.74, 6) is 0.822. The molecule has 0 aromatic heterocycles. The first-order valence-corrected chi connectivity index (χ1v) is 5.03. The highest BCUT2D eigenvalue weighted by Gasteiger charge is 2.41. The molecule has 0 heterocycles. The van der Waals surface area contributed by atoms with E-state index in [-0.39, 0.29) is 0 Å². The second kappa shape index (κ2) is 2.90.